The Labute approximate surface area is 125 Å². The van der Waals surface area contributed by atoms with Crippen LogP contribution in [0.25, 0.3) is 0 Å². The van der Waals surface area contributed by atoms with Crippen LogP contribution in [0.15, 0.2) is 12.1 Å². The van der Waals surface area contributed by atoms with Crippen molar-refractivity contribution >= 4 is 17.5 Å². The van der Waals surface area contributed by atoms with Gasteiger partial charge in [-0.3, -0.25) is 4.79 Å². The molecule has 0 aromatic carbocycles. The van der Waals surface area contributed by atoms with Crippen molar-refractivity contribution in [2.75, 3.05) is 30.4 Å². The van der Waals surface area contributed by atoms with E-state index in [1.165, 1.54) is 0 Å². The van der Waals surface area contributed by atoms with E-state index >= 15 is 0 Å². The molecule has 0 bridgehead atoms. The van der Waals surface area contributed by atoms with Crippen LogP contribution in [0.4, 0.5) is 11.6 Å². The number of hydrogen-bond donors (Lipinski definition) is 2. The van der Waals surface area contributed by atoms with Gasteiger partial charge in [-0.25, -0.2) is 0 Å². The molecular formula is C15H24N4O2. The Morgan fingerprint density at radius 2 is 1.95 bits per heavy atom. The van der Waals surface area contributed by atoms with Crippen LogP contribution in [0.3, 0.4) is 0 Å². The molecule has 1 fully saturated rings. The number of nitrogens with one attached hydrogen (secondary N) is 2. The summed E-state index contributed by atoms with van der Waals surface area (Å²) in [5.41, 5.74) is 0. The number of carbonyl (C=O) groups excluding carboxylic acids is 1. The first-order chi connectivity index (χ1) is 10.1. The van der Waals surface area contributed by atoms with Crippen LogP contribution >= 0.6 is 0 Å². The van der Waals surface area contributed by atoms with Crippen LogP contribution < -0.4 is 10.6 Å². The largest absolute Gasteiger partial charge is 0.381 e. The van der Waals surface area contributed by atoms with Gasteiger partial charge in [-0.2, -0.15) is 0 Å². The summed E-state index contributed by atoms with van der Waals surface area (Å²) in [5, 5.41) is 14.1. The number of carbonyl (C=O) groups is 1. The second-order valence-electron chi connectivity index (χ2n) is 5.79. The van der Waals surface area contributed by atoms with E-state index in [-0.39, 0.29) is 11.8 Å². The molecule has 1 aromatic rings. The number of anilines is 2. The molecule has 21 heavy (non-hydrogen) atoms. The van der Waals surface area contributed by atoms with E-state index < -0.39 is 0 Å². The maximum Gasteiger partial charge on any atom is 0.228 e. The van der Waals surface area contributed by atoms with Crippen molar-refractivity contribution in [2.45, 2.75) is 33.1 Å². The van der Waals surface area contributed by atoms with Crippen molar-refractivity contribution in [3.8, 4) is 0 Å². The third-order valence-corrected chi connectivity index (χ3v) is 3.54. The van der Waals surface area contributed by atoms with Crippen molar-refractivity contribution in [1.29, 1.82) is 0 Å². The van der Waals surface area contributed by atoms with Crippen molar-refractivity contribution in [3.05, 3.63) is 12.1 Å². The minimum Gasteiger partial charge on any atom is -0.381 e. The maximum absolute atomic E-state index is 12.0. The summed E-state index contributed by atoms with van der Waals surface area (Å²) in [5.74, 6) is 1.92. The Hall–Kier alpha value is -1.69. The highest BCUT2D eigenvalue weighted by Crippen LogP contribution is 2.17. The molecule has 0 unspecified atom stereocenters. The van der Waals surface area contributed by atoms with E-state index in [1.54, 1.807) is 6.07 Å². The maximum atomic E-state index is 12.0. The molecule has 116 valence electrons. The topological polar surface area (TPSA) is 76.1 Å². The van der Waals surface area contributed by atoms with Gasteiger partial charge in [0.15, 0.2) is 5.82 Å². The van der Waals surface area contributed by atoms with Crippen LogP contribution in [-0.2, 0) is 9.53 Å². The highest BCUT2D eigenvalue weighted by atomic mass is 16.5. The molecule has 2 N–H and O–H groups in total. The fraction of sp³-hybridized carbons (Fsp3) is 0.667. The Morgan fingerprint density at radius 3 is 2.57 bits per heavy atom. The minimum absolute atomic E-state index is 0.00752. The second kappa shape index (κ2) is 7.93. The molecule has 0 spiro atoms. The van der Waals surface area contributed by atoms with Gasteiger partial charge in [0.25, 0.3) is 0 Å². The number of nitrogens with zero attached hydrogens (tertiary/aromatic N) is 2. The van der Waals surface area contributed by atoms with Gasteiger partial charge in [0.05, 0.1) is 0 Å². The quantitative estimate of drug-likeness (QED) is 0.841. The van der Waals surface area contributed by atoms with E-state index in [4.69, 9.17) is 4.74 Å². The van der Waals surface area contributed by atoms with Gasteiger partial charge in [-0.1, -0.05) is 13.8 Å². The van der Waals surface area contributed by atoms with E-state index in [0.717, 1.165) is 31.6 Å². The summed E-state index contributed by atoms with van der Waals surface area (Å²) in [7, 11) is 0. The zero-order valence-electron chi connectivity index (χ0n) is 12.8. The molecule has 6 heteroatoms. The average Bonchev–Trinajstić information content (AvgIpc) is 2.49. The molecule has 0 radical (unpaired) electrons. The van der Waals surface area contributed by atoms with E-state index in [0.29, 0.717) is 24.9 Å². The second-order valence-corrected chi connectivity index (χ2v) is 5.79. The summed E-state index contributed by atoms with van der Waals surface area (Å²) in [6.45, 7) is 6.55. The number of aromatic nitrogens is 2. The van der Waals surface area contributed by atoms with Crippen molar-refractivity contribution in [3.63, 3.8) is 0 Å². The van der Waals surface area contributed by atoms with Crippen LogP contribution in [0, 0.1) is 11.8 Å². The van der Waals surface area contributed by atoms with Gasteiger partial charge >= 0.3 is 0 Å². The molecule has 1 aromatic heterocycles. The Balaban J connectivity index is 1.80. The zero-order valence-corrected chi connectivity index (χ0v) is 12.8. The van der Waals surface area contributed by atoms with Gasteiger partial charge < -0.3 is 15.4 Å². The van der Waals surface area contributed by atoms with Crippen LogP contribution in [-0.4, -0.2) is 35.9 Å². The molecule has 1 amide bonds. The summed E-state index contributed by atoms with van der Waals surface area (Å²) >= 11 is 0. The van der Waals surface area contributed by atoms with E-state index in [2.05, 4.69) is 34.7 Å². The summed E-state index contributed by atoms with van der Waals surface area (Å²) in [6, 6.07) is 3.62. The molecule has 1 saturated heterocycles. The lowest BCUT2D eigenvalue weighted by atomic mass is 9.99. The first kappa shape index (κ1) is 15.7. The Bertz CT molecular complexity index is 441. The highest BCUT2D eigenvalue weighted by molar-refractivity contribution is 5.91. The molecule has 0 aliphatic carbocycles. The Morgan fingerprint density at radius 1 is 1.29 bits per heavy atom. The minimum atomic E-state index is 0.00752. The third kappa shape index (κ3) is 5.30. The highest BCUT2D eigenvalue weighted by Gasteiger charge is 2.21. The number of rotatable bonds is 6. The lowest BCUT2D eigenvalue weighted by molar-refractivity contribution is -0.122. The van der Waals surface area contributed by atoms with Gasteiger partial charge in [0.2, 0.25) is 5.91 Å². The average molecular weight is 292 g/mol. The molecule has 0 atom stereocenters. The predicted molar refractivity (Wildman–Crippen MR) is 82.1 cm³/mol. The number of amides is 1. The van der Waals surface area contributed by atoms with Gasteiger partial charge in [0.1, 0.15) is 5.82 Å². The zero-order chi connectivity index (χ0) is 15.1. The van der Waals surface area contributed by atoms with E-state index in [1.807, 2.05) is 6.07 Å². The van der Waals surface area contributed by atoms with Gasteiger partial charge in [-0.05, 0) is 37.3 Å². The van der Waals surface area contributed by atoms with Crippen LogP contribution in [0.1, 0.15) is 33.1 Å². The fourth-order valence-electron chi connectivity index (χ4n) is 2.17. The lowest BCUT2D eigenvalue weighted by Gasteiger charge is -2.20. The van der Waals surface area contributed by atoms with Crippen molar-refractivity contribution in [1.82, 2.24) is 10.2 Å². The van der Waals surface area contributed by atoms with Crippen molar-refractivity contribution < 1.29 is 9.53 Å². The first-order valence-corrected chi connectivity index (χ1v) is 7.61. The number of ether oxygens (including phenoxy) is 1. The smallest absolute Gasteiger partial charge is 0.228 e. The van der Waals surface area contributed by atoms with Crippen molar-refractivity contribution in [2.24, 2.45) is 11.8 Å². The third-order valence-electron chi connectivity index (χ3n) is 3.54. The van der Waals surface area contributed by atoms with E-state index in [9.17, 15) is 4.79 Å². The SMILES string of the molecule is CC(C)CCNc1ccc(NC(=O)C2CCOCC2)nn1. The molecule has 1 aliphatic rings. The lowest BCUT2D eigenvalue weighted by Crippen LogP contribution is -2.28. The molecular weight excluding hydrogens is 268 g/mol. The van der Waals surface area contributed by atoms with Gasteiger partial charge in [0, 0.05) is 25.7 Å². The molecule has 2 rings (SSSR count). The fourth-order valence-corrected chi connectivity index (χ4v) is 2.17. The normalized spacial score (nSPS) is 16.0. The molecule has 1 aliphatic heterocycles. The first-order valence-electron chi connectivity index (χ1n) is 7.61. The molecule has 0 saturated carbocycles. The summed E-state index contributed by atoms with van der Waals surface area (Å²) < 4.78 is 5.25. The summed E-state index contributed by atoms with van der Waals surface area (Å²) in [4.78, 5) is 12.0. The summed E-state index contributed by atoms with van der Waals surface area (Å²) in [6.07, 6.45) is 2.63. The predicted octanol–water partition coefficient (Wildman–Crippen LogP) is 2.30. The standard InChI is InChI=1S/C15H24N4O2/c1-11(2)5-8-16-13-3-4-14(19-18-13)17-15(20)12-6-9-21-10-7-12/h3-4,11-12H,5-10H2,1-2H3,(H,16,18)(H,17,19,20). The molecule has 2 heterocycles. The van der Waals surface area contributed by atoms with Gasteiger partial charge in [-0.15, -0.1) is 10.2 Å². The monoisotopic (exact) mass is 292 g/mol. The van der Waals surface area contributed by atoms with Crippen LogP contribution in [0.5, 0.6) is 0 Å². The molecule has 6 nitrogen and oxygen atoms in total. The number of hydrogen-bond acceptors (Lipinski definition) is 5. The Kier molecular flexibility index (Phi) is 5.92. The van der Waals surface area contributed by atoms with Crippen LogP contribution in [0.2, 0.25) is 0 Å².